The van der Waals surface area contributed by atoms with Crippen molar-refractivity contribution in [3.8, 4) is 0 Å². The van der Waals surface area contributed by atoms with Crippen molar-refractivity contribution < 1.29 is 8.78 Å². The van der Waals surface area contributed by atoms with Gasteiger partial charge in [0.05, 0.1) is 11.4 Å². The van der Waals surface area contributed by atoms with Gasteiger partial charge < -0.3 is 10.6 Å². The van der Waals surface area contributed by atoms with Crippen LogP contribution >= 0.6 is 0 Å². The molecule has 2 nitrogen and oxygen atoms in total. The molecule has 1 aromatic carbocycles. The van der Waals surface area contributed by atoms with Crippen LogP contribution in [0.15, 0.2) is 12.1 Å². The summed E-state index contributed by atoms with van der Waals surface area (Å²) in [6.45, 7) is 5.25. The van der Waals surface area contributed by atoms with Crippen molar-refractivity contribution in [2.45, 2.75) is 20.3 Å². The number of benzene rings is 1. The maximum atomic E-state index is 13.5. The highest BCUT2D eigenvalue weighted by Gasteiger charge is 2.15. The summed E-state index contributed by atoms with van der Waals surface area (Å²) in [4.78, 5) is 1.79. The van der Waals surface area contributed by atoms with Crippen LogP contribution in [0.1, 0.15) is 20.3 Å². The van der Waals surface area contributed by atoms with Crippen molar-refractivity contribution in [2.75, 3.05) is 23.7 Å². The van der Waals surface area contributed by atoms with E-state index in [-0.39, 0.29) is 11.4 Å². The summed E-state index contributed by atoms with van der Waals surface area (Å²) >= 11 is 0. The molecule has 0 spiro atoms. The van der Waals surface area contributed by atoms with E-state index in [4.69, 9.17) is 5.73 Å². The maximum absolute atomic E-state index is 13.5. The minimum Gasteiger partial charge on any atom is -0.396 e. The van der Waals surface area contributed by atoms with Crippen molar-refractivity contribution >= 4 is 11.4 Å². The third-order valence-electron chi connectivity index (χ3n) is 2.31. The van der Waals surface area contributed by atoms with E-state index in [1.807, 2.05) is 13.8 Å². The molecule has 0 atom stereocenters. The maximum Gasteiger partial charge on any atom is 0.184 e. The van der Waals surface area contributed by atoms with Crippen LogP contribution in [0, 0.1) is 11.6 Å². The number of nitrogens with two attached hydrogens (primary N) is 1. The summed E-state index contributed by atoms with van der Waals surface area (Å²) in [5.74, 6) is -1.81. The molecule has 0 fully saturated rings. The third kappa shape index (κ3) is 2.37. The molecule has 0 saturated heterocycles. The first-order valence-electron chi connectivity index (χ1n) is 5.10. The first-order valence-corrected chi connectivity index (χ1v) is 5.10. The number of nitrogen functional groups attached to an aromatic ring is 1. The first-order chi connectivity index (χ1) is 7.11. The fraction of sp³-hybridized carbons (Fsp3) is 0.455. The van der Waals surface area contributed by atoms with E-state index in [0.717, 1.165) is 6.42 Å². The number of hydrogen-bond donors (Lipinski definition) is 1. The van der Waals surface area contributed by atoms with E-state index in [1.165, 1.54) is 12.1 Å². The monoisotopic (exact) mass is 214 g/mol. The second kappa shape index (κ2) is 4.96. The van der Waals surface area contributed by atoms with Gasteiger partial charge in [0.1, 0.15) is 0 Å². The summed E-state index contributed by atoms with van der Waals surface area (Å²) < 4.78 is 26.7. The number of rotatable bonds is 4. The van der Waals surface area contributed by atoms with Gasteiger partial charge in [0.15, 0.2) is 11.6 Å². The van der Waals surface area contributed by atoms with E-state index in [1.54, 1.807) is 4.90 Å². The Morgan fingerprint density at radius 2 is 1.87 bits per heavy atom. The van der Waals surface area contributed by atoms with Gasteiger partial charge in [0.25, 0.3) is 0 Å². The average Bonchev–Trinajstić information content (AvgIpc) is 2.24. The topological polar surface area (TPSA) is 29.3 Å². The Labute approximate surface area is 88.7 Å². The van der Waals surface area contributed by atoms with Gasteiger partial charge in [0, 0.05) is 13.1 Å². The van der Waals surface area contributed by atoms with Crippen molar-refractivity contribution in [2.24, 2.45) is 0 Å². The summed E-state index contributed by atoms with van der Waals surface area (Å²) in [5.41, 5.74) is 5.41. The Bertz CT molecular complexity index is 340. The lowest BCUT2D eigenvalue weighted by molar-refractivity contribution is 0.509. The van der Waals surface area contributed by atoms with E-state index in [0.29, 0.717) is 13.1 Å². The third-order valence-corrected chi connectivity index (χ3v) is 2.31. The highest BCUT2D eigenvalue weighted by molar-refractivity contribution is 5.55. The average molecular weight is 214 g/mol. The minimum absolute atomic E-state index is 0.149. The van der Waals surface area contributed by atoms with Gasteiger partial charge in [-0.15, -0.1) is 0 Å². The molecule has 0 saturated carbocycles. The van der Waals surface area contributed by atoms with Gasteiger partial charge in [-0.2, -0.15) is 0 Å². The molecule has 4 heteroatoms. The van der Waals surface area contributed by atoms with Crippen LogP contribution in [0.4, 0.5) is 20.2 Å². The van der Waals surface area contributed by atoms with Crippen LogP contribution in [0.2, 0.25) is 0 Å². The molecule has 84 valence electrons. The fourth-order valence-electron chi connectivity index (χ4n) is 1.52. The van der Waals surface area contributed by atoms with Crippen molar-refractivity contribution in [1.29, 1.82) is 0 Å². The van der Waals surface area contributed by atoms with Crippen molar-refractivity contribution in [3.05, 3.63) is 23.8 Å². The number of hydrogen-bond acceptors (Lipinski definition) is 2. The predicted molar refractivity (Wildman–Crippen MR) is 58.9 cm³/mol. The highest BCUT2D eigenvalue weighted by Crippen LogP contribution is 2.25. The standard InChI is InChI=1S/C11H16F2N2/c1-3-7-15(4-2)9-6-5-8(14)10(12)11(9)13/h5-6H,3-4,7,14H2,1-2H3. The molecule has 0 heterocycles. The van der Waals surface area contributed by atoms with E-state index >= 15 is 0 Å². The molecule has 2 N–H and O–H groups in total. The van der Waals surface area contributed by atoms with Crippen LogP contribution in [0.5, 0.6) is 0 Å². The second-order valence-corrected chi connectivity index (χ2v) is 3.38. The largest absolute Gasteiger partial charge is 0.396 e. The Morgan fingerprint density at radius 3 is 2.40 bits per heavy atom. The van der Waals surface area contributed by atoms with E-state index in [2.05, 4.69) is 0 Å². The summed E-state index contributed by atoms with van der Waals surface area (Å²) in [6.07, 6.45) is 0.888. The van der Waals surface area contributed by atoms with Crippen LogP contribution in [-0.4, -0.2) is 13.1 Å². The molecule has 0 aliphatic carbocycles. The van der Waals surface area contributed by atoms with Crippen LogP contribution in [0.25, 0.3) is 0 Å². The minimum atomic E-state index is -0.956. The van der Waals surface area contributed by atoms with Gasteiger partial charge in [-0.3, -0.25) is 0 Å². The second-order valence-electron chi connectivity index (χ2n) is 3.38. The quantitative estimate of drug-likeness (QED) is 0.781. The molecule has 0 aliphatic heterocycles. The molecule has 0 unspecified atom stereocenters. The normalized spacial score (nSPS) is 10.4. The Morgan fingerprint density at radius 1 is 1.20 bits per heavy atom. The molecular weight excluding hydrogens is 198 g/mol. The van der Waals surface area contributed by atoms with Crippen LogP contribution in [-0.2, 0) is 0 Å². The molecular formula is C11H16F2N2. The highest BCUT2D eigenvalue weighted by atomic mass is 19.2. The molecule has 0 aromatic heterocycles. The molecule has 0 amide bonds. The van der Waals surface area contributed by atoms with Gasteiger partial charge in [-0.25, -0.2) is 8.78 Å². The predicted octanol–water partition coefficient (Wildman–Crippen LogP) is 2.78. The van der Waals surface area contributed by atoms with Crippen LogP contribution in [0.3, 0.4) is 0 Å². The summed E-state index contributed by atoms with van der Waals surface area (Å²) in [7, 11) is 0. The Kier molecular flexibility index (Phi) is 3.88. The lowest BCUT2D eigenvalue weighted by atomic mass is 10.2. The number of anilines is 2. The zero-order valence-corrected chi connectivity index (χ0v) is 9.06. The Balaban J connectivity index is 3.07. The molecule has 0 aliphatic rings. The number of nitrogens with zero attached hydrogens (tertiary/aromatic N) is 1. The fourth-order valence-corrected chi connectivity index (χ4v) is 1.52. The number of halogens is 2. The van der Waals surface area contributed by atoms with Gasteiger partial charge in [0.2, 0.25) is 0 Å². The Hall–Kier alpha value is -1.32. The summed E-state index contributed by atoms with van der Waals surface area (Å²) in [6, 6.07) is 2.92. The zero-order valence-electron chi connectivity index (χ0n) is 9.06. The zero-order chi connectivity index (χ0) is 11.4. The molecule has 1 rings (SSSR count). The smallest absolute Gasteiger partial charge is 0.184 e. The van der Waals surface area contributed by atoms with Gasteiger partial charge in [-0.1, -0.05) is 6.92 Å². The molecule has 0 radical (unpaired) electrons. The van der Waals surface area contributed by atoms with Crippen molar-refractivity contribution in [3.63, 3.8) is 0 Å². The molecule has 15 heavy (non-hydrogen) atoms. The van der Waals surface area contributed by atoms with E-state index < -0.39 is 11.6 Å². The van der Waals surface area contributed by atoms with Gasteiger partial charge >= 0.3 is 0 Å². The SMILES string of the molecule is CCCN(CC)c1ccc(N)c(F)c1F. The van der Waals surface area contributed by atoms with E-state index in [9.17, 15) is 8.78 Å². The van der Waals surface area contributed by atoms with Crippen molar-refractivity contribution in [1.82, 2.24) is 0 Å². The van der Waals surface area contributed by atoms with Gasteiger partial charge in [-0.05, 0) is 25.5 Å². The molecule has 1 aromatic rings. The summed E-state index contributed by atoms with van der Waals surface area (Å²) in [5, 5.41) is 0. The first kappa shape index (κ1) is 11.8. The molecule has 0 bridgehead atoms. The lowest BCUT2D eigenvalue weighted by Crippen LogP contribution is -2.24. The van der Waals surface area contributed by atoms with Crippen LogP contribution < -0.4 is 10.6 Å². The lowest BCUT2D eigenvalue weighted by Gasteiger charge is -2.23.